The van der Waals surface area contributed by atoms with Crippen molar-refractivity contribution in [2.75, 3.05) is 6.61 Å². The van der Waals surface area contributed by atoms with Gasteiger partial charge in [-0.15, -0.1) is 0 Å². The number of fused-ring (bicyclic) bond motifs is 5. The molecule has 0 aromatic carbocycles. The number of hydrogen-bond acceptors (Lipinski definition) is 4. The van der Waals surface area contributed by atoms with Crippen molar-refractivity contribution >= 4 is 11.8 Å². The van der Waals surface area contributed by atoms with Crippen LogP contribution in [-0.4, -0.2) is 29.6 Å². The van der Waals surface area contributed by atoms with Crippen LogP contribution in [0.5, 0.6) is 0 Å². The fourth-order valence-electron chi connectivity index (χ4n) is 9.14. The van der Waals surface area contributed by atoms with Gasteiger partial charge in [0.1, 0.15) is 12.7 Å². The molecule has 9 unspecified atom stereocenters. The van der Waals surface area contributed by atoms with Crippen LogP contribution in [0.1, 0.15) is 132 Å². The van der Waals surface area contributed by atoms with Crippen LogP contribution in [0.3, 0.4) is 0 Å². The van der Waals surface area contributed by atoms with E-state index < -0.39 is 0 Å². The van der Waals surface area contributed by atoms with Gasteiger partial charge in [0.15, 0.2) is 5.78 Å². The molecule has 240 valence electrons. The Labute approximate surface area is 258 Å². The van der Waals surface area contributed by atoms with Crippen molar-refractivity contribution in [2.24, 2.45) is 46.8 Å². The van der Waals surface area contributed by atoms with E-state index in [0.29, 0.717) is 23.7 Å². The van der Waals surface area contributed by atoms with Gasteiger partial charge >= 0.3 is 5.97 Å². The minimum Gasteiger partial charge on any atom is -0.462 e. The molecule has 0 aromatic rings. The van der Waals surface area contributed by atoms with Gasteiger partial charge in [0.25, 0.3) is 0 Å². The summed E-state index contributed by atoms with van der Waals surface area (Å²) in [4.78, 5) is 25.7. The van der Waals surface area contributed by atoms with Crippen molar-refractivity contribution in [1.82, 2.24) is 0 Å². The number of aliphatic hydroxyl groups is 1. The van der Waals surface area contributed by atoms with Crippen LogP contribution in [0.4, 0.5) is 0 Å². The first-order valence-corrected chi connectivity index (χ1v) is 17.8. The minimum atomic E-state index is -0.303. The lowest BCUT2D eigenvalue weighted by molar-refractivity contribution is -0.160. The number of hydrogen-bond donors (Lipinski definition) is 1. The third kappa shape index (κ3) is 8.70. The Morgan fingerprint density at radius 3 is 2.17 bits per heavy atom. The topological polar surface area (TPSA) is 63.6 Å². The van der Waals surface area contributed by atoms with Crippen molar-refractivity contribution in [3.05, 3.63) is 36.5 Å². The lowest BCUT2D eigenvalue weighted by Gasteiger charge is -2.56. The van der Waals surface area contributed by atoms with Gasteiger partial charge in [0, 0.05) is 5.92 Å². The normalized spacial score (nSPS) is 38.4. The number of carbonyl (C=O) groups excluding carboxylic acids is 2. The molecule has 4 fully saturated rings. The lowest BCUT2D eigenvalue weighted by atomic mass is 9.49. The average Bonchev–Trinajstić information content (AvgIpc) is 3.37. The van der Waals surface area contributed by atoms with E-state index in [4.69, 9.17) is 4.74 Å². The Morgan fingerprint density at radius 2 is 1.43 bits per heavy atom. The molecule has 42 heavy (non-hydrogen) atoms. The Balaban J connectivity index is 0.000000966. The average molecular weight is 585 g/mol. The van der Waals surface area contributed by atoms with Gasteiger partial charge in [0.2, 0.25) is 0 Å². The zero-order valence-electron chi connectivity index (χ0n) is 28.2. The summed E-state index contributed by atoms with van der Waals surface area (Å²) in [5.41, 5.74) is 0.0687. The first kappa shape index (κ1) is 36.5. The SMILES string of the molecule is CC.CC.CC.CC12CCC3C4CC(OC(=O)C5C/C=C\C=CCC/C=C\C5)CCC4CCC3C1CCC2C(=O)CO. The highest BCUT2D eigenvalue weighted by atomic mass is 16.5. The second kappa shape index (κ2) is 18.9. The molecule has 5 rings (SSSR count). The van der Waals surface area contributed by atoms with Crippen molar-refractivity contribution in [2.45, 2.75) is 138 Å². The van der Waals surface area contributed by atoms with E-state index >= 15 is 0 Å². The van der Waals surface area contributed by atoms with Gasteiger partial charge in [-0.2, -0.15) is 0 Å². The van der Waals surface area contributed by atoms with Gasteiger partial charge in [-0.1, -0.05) is 84.9 Å². The van der Waals surface area contributed by atoms with Crippen molar-refractivity contribution in [3.8, 4) is 0 Å². The minimum absolute atomic E-state index is 0.0132. The van der Waals surface area contributed by atoms with Crippen LogP contribution in [-0.2, 0) is 14.3 Å². The first-order chi connectivity index (χ1) is 20.5. The molecule has 5 aliphatic rings. The molecule has 0 aromatic heterocycles. The van der Waals surface area contributed by atoms with Crippen molar-refractivity contribution in [3.63, 3.8) is 0 Å². The lowest BCUT2D eigenvalue weighted by Crippen LogP contribution is -2.50. The fourth-order valence-corrected chi connectivity index (χ4v) is 9.14. The van der Waals surface area contributed by atoms with Gasteiger partial charge in [0.05, 0.1) is 5.92 Å². The molecule has 0 radical (unpaired) electrons. The Bertz CT molecular complexity index is 888. The summed E-state index contributed by atoms with van der Waals surface area (Å²) < 4.78 is 6.23. The summed E-state index contributed by atoms with van der Waals surface area (Å²) in [5, 5.41) is 9.55. The molecular formula is C38H64O4. The summed E-state index contributed by atoms with van der Waals surface area (Å²) in [7, 11) is 0. The maximum Gasteiger partial charge on any atom is 0.309 e. The highest BCUT2D eigenvalue weighted by Crippen LogP contribution is 2.64. The number of aliphatic hydroxyl groups excluding tert-OH is 1. The molecule has 0 aliphatic heterocycles. The third-order valence-corrected chi connectivity index (χ3v) is 11.0. The Kier molecular flexibility index (Phi) is 16.4. The number of ether oxygens (including phenoxy) is 1. The van der Waals surface area contributed by atoms with Crippen LogP contribution in [0.2, 0.25) is 0 Å². The second-order valence-corrected chi connectivity index (χ2v) is 12.7. The monoisotopic (exact) mass is 584 g/mol. The zero-order chi connectivity index (χ0) is 31.1. The molecule has 0 bridgehead atoms. The van der Waals surface area contributed by atoms with Crippen molar-refractivity contribution in [1.29, 1.82) is 0 Å². The van der Waals surface area contributed by atoms with E-state index in [0.717, 1.165) is 63.7 Å². The van der Waals surface area contributed by atoms with E-state index in [1.54, 1.807) is 0 Å². The predicted octanol–water partition coefficient (Wildman–Crippen LogP) is 9.67. The highest BCUT2D eigenvalue weighted by molar-refractivity contribution is 5.83. The molecule has 5 aliphatic carbocycles. The van der Waals surface area contributed by atoms with Crippen LogP contribution in [0, 0.1) is 46.8 Å². The smallest absolute Gasteiger partial charge is 0.309 e. The number of rotatable bonds is 4. The van der Waals surface area contributed by atoms with E-state index in [1.165, 1.54) is 25.7 Å². The maximum atomic E-state index is 13.2. The summed E-state index contributed by atoms with van der Waals surface area (Å²) in [6, 6.07) is 0. The maximum absolute atomic E-state index is 13.2. The molecule has 4 saturated carbocycles. The molecule has 0 heterocycles. The molecule has 0 spiro atoms. The summed E-state index contributed by atoms with van der Waals surface area (Å²) in [5.74, 6) is 3.46. The molecule has 9 atom stereocenters. The molecule has 0 amide bonds. The van der Waals surface area contributed by atoms with E-state index in [1.807, 2.05) is 41.5 Å². The predicted molar refractivity (Wildman–Crippen MR) is 176 cm³/mol. The fraction of sp³-hybridized carbons (Fsp3) is 0.789. The third-order valence-electron chi connectivity index (χ3n) is 11.0. The zero-order valence-corrected chi connectivity index (χ0v) is 28.2. The Hall–Kier alpha value is -1.68. The highest BCUT2D eigenvalue weighted by Gasteiger charge is 2.58. The second-order valence-electron chi connectivity index (χ2n) is 12.7. The number of carbonyl (C=O) groups is 2. The number of esters is 1. The molecular weight excluding hydrogens is 520 g/mol. The number of ketones is 1. The van der Waals surface area contributed by atoms with Gasteiger partial charge in [-0.05, 0) is 118 Å². The number of Topliss-reactive ketones (excluding diaryl/α,β-unsaturated/α-hetero) is 1. The van der Waals surface area contributed by atoms with Gasteiger partial charge < -0.3 is 9.84 Å². The summed E-state index contributed by atoms with van der Waals surface area (Å²) >= 11 is 0. The van der Waals surface area contributed by atoms with Crippen molar-refractivity contribution < 1.29 is 19.4 Å². The number of allylic oxidation sites excluding steroid dienone is 6. The van der Waals surface area contributed by atoms with E-state index in [2.05, 4.69) is 43.4 Å². The van der Waals surface area contributed by atoms with Crippen LogP contribution < -0.4 is 0 Å². The Morgan fingerprint density at radius 1 is 0.762 bits per heavy atom. The summed E-state index contributed by atoms with van der Waals surface area (Å²) in [6.07, 6.45) is 26.7. The largest absolute Gasteiger partial charge is 0.462 e. The van der Waals surface area contributed by atoms with Crippen LogP contribution in [0.25, 0.3) is 0 Å². The molecule has 4 nitrogen and oxygen atoms in total. The first-order valence-electron chi connectivity index (χ1n) is 17.8. The van der Waals surface area contributed by atoms with Gasteiger partial charge in [-0.25, -0.2) is 0 Å². The summed E-state index contributed by atoms with van der Waals surface area (Å²) in [6.45, 7) is 14.0. The van der Waals surface area contributed by atoms with E-state index in [-0.39, 0.29) is 41.7 Å². The van der Waals surface area contributed by atoms with Crippen LogP contribution in [0.15, 0.2) is 36.5 Å². The van der Waals surface area contributed by atoms with Crippen LogP contribution >= 0.6 is 0 Å². The van der Waals surface area contributed by atoms with E-state index in [9.17, 15) is 14.7 Å². The molecule has 4 heteroatoms. The molecule has 0 saturated heterocycles. The molecule has 1 N–H and O–H groups in total. The van der Waals surface area contributed by atoms with Gasteiger partial charge in [-0.3, -0.25) is 9.59 Å². The quantitative estimate of drug-likeness (QED) is 0.264. The standard InChI is InChI=1S/C32H46O4.3C2H6/c1-32-19-18-25-26(28(32)16-17-29(32)30(34)21-33)15-13-22-12-14-24(20-27(22)25)36-31(35)23-10-8-6-4-2-3-5-7-9-11-23;3*1-2/h2,4,6-9,22-29,33H,3,5,10-21H2,1H3;3*1-2H3/b4-2?,8-6-,9-7-;;;.